The predicted molar refractivity (Wildman–Crippen MR) is 117 cm³/mol. The summed E-state index contributed by atoms with van der Waals surface area (Å²) >= 11 is 0. The van der Waals surface area contributed by atoms with Crippen molar-refractivity contribution in [3.63, 3.8) is 0 Å². The van der Waals surface area contributed by atoms with Crippen LogP contribution in [0, 0.1) is 13.8 Å². The largest absolute Gasteiger partial charge is 0.355 e. The first-order valence-corrected chi connectivity index (χ1v) is 10.8. The van der Waals surface area contributed by atoms with Gasteiger partial charge in [0.2, 0.25) is 5.91 Å². The van der Waals surface area contributed by atoms with E-state index in [9.17, 15) is 4.79 Å². The molecule has 0 spiro atoms. The van der Waals surface area contributed by atoms with Crippen LogP contribution in [-0.2, 0) is 18.3 Å². The highest BCUT2D eigenvalue weighted by molar-refractivity contribution is 5.82. The SMILES string of the molecule is Cc1nn(C)c(C)c1C1CC(C(=O)NCCCCCc2nc3ccccc3[nH]2)NN1. The number of aryl methyl sites for hydroxylation is 3. The summed E-state index contributed by atoms with van der Waals surface area (Å²) in [6.07, 6.45) is 4.74. The minimum Gasteiger partial charge on any atom is -0.355 e. The number of unbranched alkanes of at least 4 members (excludes halogenated alkanes) is 2. The molecular formula is C22H31N7O. The monoisotopic (exact) mass is 409 g/mol. The Kier molecular flexibility index (Phi) is 6.15. The summed E-state index contributed by atoms with van der Waals surface area (Å²) < 4.78 is 1.89. The van der Waals surface area contributed by atoms with Crippen LogP contribution in [0.15, 0.2) is 24.3 Å². The molecule has 1 saturated heterocycles. The quantitative estimate of drug-likeness (QED) is 0.428. The van der Waals surface area contributed by atoms with Crippen molar-refractivity contribution in [2.45, 2.75) is 58.0 Å². The summed E-state index contributed by atoms with van der Waals surface area (Å²) in [5, 5.41) is 7.54. The molecule has 0 saturated carbocycles. The van der Waals surface area contributed by atoms with Crippen molar-refractivity contribution < 1.29 is 4.79 Å². The number of benzene rings is 1. The maximum Gasteiger partial charge on any atom is 0.238 e. The molecule has 0 aliphatic carbocycles. The van der Waals surface area contributed by atoms with Crippen LogP contribution in [0.3, 0.4) is 0 Å². The molecule has 1 aliphatic heterocycles. The second-order valence-electron chi connectivity index (χ2n) is 8.14. The number of carbonyl (C=O) groups is 1. The molecule has 8 heteroatoms. The molecule has 0 radical (unpaired) electrons. The highest BCUT2D eigenvalue weighted by Crippen LogP contribution is 2.27. The molecular weight excluding hydrogens is 378 g/mol. The van der Waals surface area contributed by atoms with Crippen LogP contribution < -0.4 is 16.2 Å². The summed E-state index contributed by atoms with van der Waals surface area (Å²) in [7, 11) is 1.95. The van der Waals surface area contributed by atoms with E-state index in [2.05, 4.69) is 44.2 Å². The summed E-state index contributed by atoms with van der Waals surface area (Å²) in [5.74, 6) is 1.09. The third-order valence-electron chi connectivity index (χ3n) is 5.96. The number of H-pyrrole nitrogens is 1. The minimum absolute atomic E-state index is 0.0569. The van der Waals surface area contributed by atoms with Crippen molar-refractivity contribution in [3.05, 3.63) is 47.0 Å². The van der Waals surface area contributed by atoms with Gasteiger partial charge in [-0.25, -0.2) is 15.8 Å². The first kappa shape index (κ1) is 20.6. The Morgan fingerprint density at radius 2 is 2.03 bits per heavy atom. The number of carbonyl (C=O) groups excluding carboxylic acids is 1. The van der Waals surface area contributed by atoms with Crippen LogP contribution >= 0.6 is 0 Å². The number of aromatic nitrogens is 4. The number of hydrogen-bond donors (Lipinski definition) is 4. The van der Waals surface area contributed by atoms with Gasteiger partial charge < -0.3 is 10.3 Å². The second-order valence-corrected chi connectivity index (χ2v) is 8.14. The number of para-hydroxylation sites is 2. The predicted octanol–water partition coefficient (Wildman–Crippen LogP) is 2.35. The van der Waals surface area contributed by atoms with E-state index in [1.807, 2.05) is 36.9 Å². The van der Waals surface area contributed by atoms with Crippen LogP contribution in [0.5, 0.6) is 0 Å². The fourth-order valence-electron chi connectivity index (χ4n) is 4.26. The molecule has 160 valence electrons. The number of aromatic amines is 1. The molecule has 3 aromatic rings. The second kappa shape index (κ2) is 8.97. The minimum atomic E-state index is -0.218. The van der Waals surface area contributed by atoms with Crippen LogP contribution in [0.25, 0.3) is 11.0 Å². The van der Waals surface area contributed by atoms with Gasteiger partial charge in [0.15, 0.2) is 0 Å². The number of amides is 1. The van der Waals surface area contributed by atoms with Gasteiger partial charge in [-0.2, -0.15) is 5.10 Å². The Hall–Kier alpha value is -2.71. The number of hydrazine groups is 1. The molecule has 2 atom stereocenters. The van der Waals surface area contributed by atoms with Gasteiger partial charge >= 0.3 is 0 Å². The zero-order chi connectivity index (χ0) is 21.1. The average molecular weight is 410 g/mol. The highest BCUT2D eigenvalue weighted by Gasteiger charge is 2.32. The fourth-order valence-corrected chi connectivity index (χ4v) is 4.26. The standard InChI is InChI=1S/C22H31N7O/c1-14-21(15(2)29(3)28-14)18-13-19(27-26-18)22(30)23-12-8-4-5-11-20-24-16-9-6-7-10-17(16)25-20/h6-7,9-10,18-19,26-27H,4-5,8,11-13H2,1-3H3,(H,23,30)(H,24,25). The Bertz CT molecular complexity index is 989. The van der Waals surface area contributed by atoms with Crippen molar-refractivity contribution in [3.8, 4) is 0 Å². The van der Waals surface area contributed by atoms with Crippen LogP contribution in [-0.4, -0.2) is 38.2 Å². The first-order chi connectivity index (χ1) is 14.5. The van der Waals surface area contributed by atoms with Gasteiger partial charge in [0.1, 0.15) is 11.9 Å². The van der Waals surface area contributed by atoms with Gasteiger partial charge in [-0.1, -0.05) is 18.6 Å². The first-order valence-electron chi connectivity index (χ1n) is 10.8. The summed E-state index contributed by atoms with van der Waals surface area (Å²) in [6.45, 7) is 4.78. The highest BCUT2D eigenvalue weighted by atomic mass is 16.2. The molecule has 1 aliphatic rings. The summed E-state index contributed by atoms with van der Waals surface area (Å²) in [5.41, 5.74) is 11.9. The van der Waals surface area contributed by atoms with Crippen molar-refractivity contribution >= 4 is 16.9 Å². The molecule has 2 aromatic heterocycles. The molecule has 8 nitrogen and oxygen atoms in total. The van der Waals surface area contributed by atoms with Gasteiger partial charge in [-0.15, -0.1) is 0 Å². The molecule has 1 aromatic carbocycles. The molecule has 1 fully saturated rings. The molecule has 1 amide bonds. The van der Waals surface area contributed by atoms with Gasteiger partial charge in [-0.05, 0) is 45.2 Å². The van der Waals surface area contributed by atoms with Crippen molar-refractivity contribution in [1.82, 2.24) is 35.9 Å². The fraction of sp³-hybridized carbons (Fsp3) is 0.500. The van der Waals surface area contributed by atoms with Gasteiger partial charge in [0, 0.05) is 31.3 Å². The summed E-state index contributed by atoms with van der Waals surface area (Å²) in [6, 6.07) is 7.99. The van der Waals surface area contributed by atoms with Gasteiger partial charge in [0.05, 0.1) is 22.8 Å². The van der Waals surface area contributed by atoms with E-state index in [4.69, 9.17) is 0 Å². The molecule has 0 bridgehead atoms. The number of nitrogens with one attached hydrogen (secondary N) is 4. The van der Waals surface area contributed by atoms with E-state index in [0.717, 1.165) is 60.3 Å². The Balaban J connectivity index is 1.16. The smallest absolute Gasteiger partial charge is 0.238 e. The lowest BCUT2D eigenvalue weighted by atomic mass is 10.00. The molecule has 3 heterocycles. The lowest BCUT2D eigenvalue weighted by Crippen LogP contribution is -2.43. The topological polar surface area (TPSA) is 99.7 Å². The maximum absolute atomic E-state index is 12.5. The zero-order valence-corrected chi connectivity index (χ0v) is 18.0. The van der Waals surface area contributed by atoms with E-state index in [1.54, 1.807) is 0 Å². The molecule has 2 unspecified atom stereocenters. The normalized spacial score (nSPS) is 18.9. The molecule has 4 N–H and O–H groups in total. The van der Waals surface area contributed by atoms with E-state index < -0.39 is 0 Å². The number of imidazole rings is 1. The number of nitrogens with zero attached hydrogens (tertiary/aromatic N) is 3. The van der Waals surface area contributed by atoms with E-state index in [1.165, 1.54) is 5.56 Å². The van der Waals surface area contributed by atoms with Gasteiger partial charge in [0.25, 0.3) is 0 Å². The molecule has 4 rings (SSSR count). The van der Waals surface area contributed by atoms with E-state index in [0.29, 0.717) is 6.54 Å². The van der Waals surface area contributed by atoms with Crippen LogP contribution in [0.4, 0.5) is 0 Å². The summed E-state index contributed by atoms with van der Waals surface area (Å²) in [4.78, 5) is 20.5. The van der Waals surface area contributed by atoms with Crippen LogP contribution in [0.1, 0.15) is 54.5 Å². The number of fused-ring (bicyclic) bond motifs is 1. The zero-order valence-electron chi connectivity index (χ0n) is 18.0. The van der Waals surface area contributed by atoms with E-state index in [-0.39, 0.29) is 18.0 Å². The van der Waals surface area contributed by atoms with Gasteiger partial charge in [-0.3, -0.25) is 9.48 Å². The molecule has 30 heavy (non-hydrogen) atoms. The third kappa shape index (κ3) is 4.39. The third-order valence-corrected chi connectivity index (χ3v) is 5.96. The lowest BCUT2D eigenvalue weighted by Gasteiger charge is -2.11. The maximum atomic E-state index is 12.5. The Morgan fingerprint density at radius 3 is 2.80 bits per heavy atom. The van der Waals surface area contributed by atoms with E-state index >= 15 is 0 Å². The van der Waals surface area contributed by atoms with Crippen molar-refractivity contribution in [2.24, 2.45) is 7.05 Å². The number of hydrogen-bond acceptors (Lipinski definition) is 5. The van der Waals surface area contributed by atoms with Crippen LogP contribution in [0.2, 0.25) is 0 Å². The van der Waals surface area contributed by atoms with Crippen molar-refractivity contribution in [2.75, 3.05) is 6.54 Å². The Labute approximate surface area is 176 Å². The lowest BCUT2D eigenvalue weighted by molar-refractivity contribution is -0.122. The Morgan fingerprint density at radius 1 is 1.20 bits per heavy atom. The average Bonchev–Trinajstić information content (AvgIpc) is 3.42. The number of rotatable bonds is 8. The van der Waals surface area contributed by atoms with Crippen molar-refractivity contribution in [1.29, 1.82) is 0 Å².